The summed E-state index contributed by atoms with van der Waals surface area (Å²) in [6.45, 7) is -0.0815. The zero-order chi connectivity index (χ0) is 25.2. The SMILES string of the molecule is O=C(CCNc1ccc(C(F)(F)F)cc1[N+](=O)[O-])Nc1ccccc1-n1ncc2c(=O)[nH]cnc21. The predicted molar refractivity (Wildman–Crippen MR) is 119 cm³/mol. The Kier molecular flexibility index (Phi) is 6.18. The number of carbonyl (C=O) groups is 1. The van der Waals surface area contributed by atoms with Crippen LogP contribution in [0.25, 0.3) is 16.7 Å². The van der Waals surface area contributed by atoms with Crippen LogP contribution >= 0.6 is 0 Å². The van der Waals surface area contributed by atoms with Crippen LogP contribution in [0.1, 0.15) is 12.0 Å². The molecule has 0 spiro atoms. The summed E-state index contributed by atoms with van der Waals surface area (Å²) in [6.07, 6.45) is -2.29. The van der Waals surface area contributed by atoms with Crippen molar-refractivity contribution in [2.75, 3.05) is 17.2 Å². The van der Waals surface area contributed by atoms with Gasteiger partial charge in [0.2, 0.25) is 5.91 Å². The first-order valence-corrected chi connectivity index (χ1v) is 10.1. The van der Waals surface area contributed by atoms with Crippen molar-refractivity contribution in [2.45, 2.75) is 12.6 Å². The Morgan fingerprint density at radius 1 is 1.17 bits per heavy atom. The van der Waals surface area contributed by atoms with Gasteiger partial charge in [0.05, 0.1) is 34.4 Å². The van der Waals surface area contributed by atoms with Crippen LogP contribution in [0.15, 0.2) is 59.8 Å². The number of amides is 1. The molecule has 0 fully saturated rings. The molecule has 0 radical (unpaired) electrons. The van der Waals surface area contributed by atoms with E-state index in [0.717, 1.165) is 12.1 Å². The van der Waals surface area contributed by atoms with Gasteiger partial charge in [-0.15, -0.1) is 0 Å². The van der Waals surface area contributed by atoms with Crippen molar-refractivity contribution in [3.05, 3.63) is 81.0 Å². The largest absolute Gasteiger partial charge is 0.416 e. The number of fused-ring (bicyclic) bond motifs is 1. The molecule has 14 heteroatoms. The standard InChI is InChI=1S/C21H16F3N7O4/c22-21(23,24)12-5-6-14(17(9-12)31(34)35)25-8-7-18(32)29-15-3-1-2-4-16(15)30-19-13(10-28-30)20(33)27-11-26-19/h1-6,9-11,25H,7-8H2,(H,29,32)(H,26,27,33). The van der Waals surface area contributed by atoms with E-state index >= 15 is 0 Å². The number of nitrogens with one attached hydrogen (secondary N) is 3. The van der Waals surface area contributed by atoms with Crippen LogP contribution in [0.2, 0.25) is 0 Å². The van der Waals surface area contributed by atoms with E-state index in [-0.39, 0.29) is 35.2 Å². The minimum Gasteiger partial charge on any atom is -0.379 e. The second-order valence-electron chi connectivity index (χ2n) is 7.25. The number of nitrogens with zero attached hydrogens (tertiary/aromatic N) is 4. The van der Waals surface area contributed by atoms with Crippen molar-refractivity contribution in [1.29, 1.82) is 0 Å². The van der Waals surface area contributed by atoms with E-state index in [4.69, 9.17) is 0 Å². The van der Waals surface area contributed by atoms with Crippen molar-refractivity contribution in [2.24, 2.45) is 0 Å². The topological polar surface area (TPSA) is 148 Å². The molecule has 0 unspecified atom stereocenters. The highest BCUT2D eigenvalue weighted by atomic mass is 19.4. The average molecular weight is 487 g/mol. The van der Waals surface area contributed by atoms with Gasteiger partial charge in [-0.05, 0) is 24.3 Å². The number of para-hydroxylation sites is 2. The van der Waals surface area contributed by atoms with Gasteiger partial charge in [-0.25, -0.2) is 9.67 Å². The molecule has 180 valence electrons. The number of nitro groups is 1. The number of H-pyrrole nitrogens is 1. The maximum Gasteiger partial charge on any atom is 0.416 e. The summed E-state index contributed by atoms with van der Waals surface area (Å²) in [5.41, 5.74) is -1.32. The fraction of sp³-hybridized carbons (Fsp3) is 0.143. The average Bonchev–Trinajstić information content (AvgIpc) is 3.24. The molecule has 0 atom stereocenters. The zero-order valence-corrected chi connectivity index (χ0v) is 17.7. The van der Waals surface area contributed by atoms with Gasteiger partial charge in [-0.2, -0.15) is 18.3 Å². The van der Waals surface area contributed by atoms with Crippen molar-refractivity contribution < 1.29 is 22.9 Å². The molecule has 3 N–H and O–H groups in total. The lowest BCUT2D eigenvalue weighted by Gasteiger charge is -2.13. The molecule has 1 amide bonds. The van der Waals surface area contributed by atoms with Crippen LogP contribution in [-0.4, -0.2) is 37.1 Å². The van der Waals surface area contributed by atoms with Gasteiger partial charge in [0.15, 0.2) is 5.65 Å². The van der Waals surface area contributed by atoms with E-state index in [1.54, 1.807) is 24.3 Å². The molecule has 0 aliphatic heterocycles. The third-order valence-electron chi connectivity index (χ3n) is 4.97. The Balaban J connectivity index is 1.47. The number of benzene rings is 2. The Morgan fingerprint density at radius 2 is 1.94 bits per heavy atom. The number of anilines is 2. The fourth-order valence-corrected chi connectivity index (χ4v) is 3.33. The summed E-state index contributed by atoms with van der Waals surface area (Å²) in [4.78, 5) is 41.3. The Morgan fingerprint density at radius 3 is 2.69 bits per heavy atom. The summed E-state index contributed by atoms with van der Waals surface area (Å²) in [7, 11) is 0. The number of hydrogen-bond donors (Lipinski definition) is 3. The third-order valence-corrected chi connectivity index (χ3v) is 4.97. The van der Waals surface area contributed by atoms with E-state index < -0.39 is 28.3 Å². The van der Waals surface area contributed by atoms with E-state index in [1.165, 1.54) is 17.2 Å². The van der Waals surface area contributed by atoms with Crippen LogP contribution in [0.5, 0.6) is 0 Å². The highest BCUT2D eigenvalue weighted by Gasteiger charge is 2.33. The molecule has 0 bridgehead atoms. The van der Waals surface area contributed by atoms with Crippen LogP contribution in [-0.2, 0) is 11.0 Å². The van der Waals surface area contributed by atoms with Gasteiger partial charge < -0.3 is 15.6 Å². The van der Waals surface area contributed by atoms with Crippen molar-refractivity contribution >= 4 is 34.0 Å². The zero-order valence-electron chi connectivity index (χ0n) is 17.7. The molecule has 11 nitrogen and oxygen atoms in total. The first-order chi connectivity index (χ1) is 16.6. The maximum atomic E-state index is 12.8. The van der Waals surface area contributed by atoms with Crippen molar-refractivity contribution in [3.8, 4) is 5.69 Å². The van der Waals surface area contributed by atoms with Gasteiger partial charge in [0, 0.05) is 19.0 Å². The van der Waals surface area contributed by atoms with Gasteiger partial charge in [-0.1, -0.05) is 12.1 Å². The monoisotopic (exact) mass is 487 g/mol. The number of halogens is 3. The number of hydrogen-bond acceptors (Lipinski definition) is 7. The summed E-state index contributed by atoms with van der Waals surface area (Å²) in [5, 5.41) is 20.9. The molecule has 0 aliphatic rings. The van der Waals surface area contributed by atoms with Crippen molar-refractivity contribution in [3.63, 3.8) is 0 Å². The molecule has 0 saturated carbocycles. The summed E-state index contributed by atoms with van der Waals surface area (Å²) in [6, 6.07) is 8.76. The van der Waals surface area contributed by atoms with Crippen LogP contribution in [0.3, 0.4) is 0 Å². The molecule has 35 heavy (non-hydrogen) atoms. The van der Waals surface area contributed by atoms with Crippen LogP contribution in [0.4, 0.5) is 30.2 Å². The lowest BCUT2D eigenvalue weighted by molar-refractivity contribution is -0.384. The van der Waals surface area contributed by atoms with Gasteiger partial charge in [0.25, 0.3) is 11.2 Å². The van der Waals surface area contributed by atoms with E-state index in [9.17, 15) is 32.9 Å². The molecule has 4 aromatic rings. The Labute approximate surface area is 193 Å². The molecular weight excluding hydrogens is 471 g/mol. The number of aromatic amines is 1. The minimum atomic E-state index is -4.72. The molecule has 2 heterocycles. The highest BCUT2D eigenvalue weighted by molar-refractivity contribution is 5.93. The second-order valence-corrected chi connectivity index (χ2v) is 7.25. The third kappa shape index (κ3) is 4.95. The van der Waals surface area contributed by atoms with Gasteiger partial charge in [-0.3, -0.25) is 19.7 Å². The number of carbonyl (C=O) groups excluding carboxylic acids is 1. The fourth-order valence-electron chi connectivity index (χ4n) is 3.33. The maximum absolute atomic E-state index is 12.8. The van der Waals surface area contributed by atoms with Crippen LogP contribution < -0.4 is 16.2 Å². The van der Waals surface area contributed by atoms with E-state index in [0.29, 0.717) is 17.4 Å². The quantitative estimate of drug-likeness (QED) is 0.267. The smallest absolute Gasteiger partial charge is 0.379 e. The molecule has 4 rings (SSSR count). The number of alkyl halides is 3. The van der Waals surface area contributed by atoms with Crippen LogP contribution in [0, 0.1) is 10.1 Å². The van der Waals surface area contributed by atoms with E-state index in [1.807, 2.05) is 0 Å². The lowest BCUT2D eigenvalue weighted by atomic mass is 10.1. The van der Waals surface area contributed by atoms with Gasteiger partial charge in [0.1, 0.15) is 11.1 Å². The number of nitro benzene ring substituents is 1. The highest BCUT2D eigenvalue weighted by Crippen LogP contribution is 2.35. The lowest BCUT2D eigenvalue weighted by Crippen LogP contribution is -2.18. The number of aromatic nitrogens is 4. The number of rotatable bonds is 7. The summed E-state index contributed by atoms with van der Waals surface area (Å²) in [5.74, 6) is -0.471. The summed E-state index contributed by atoms with van der Waals surface area (Å²) >= 11 is 0. The van der Waals surface area contributed by atoms with Gasteiger partial charge >= 0.3 is 6.18 Å². The first-order valence-electron chi connectivity index (χ1n) is 10.1. The first kappa shape index (κ1) is 23.4. The van der Waals surface area contributed by atoms with Crippen molar-refractivity contribution in [1.82, 2.24) is 19.7 Å². The molecular formula is C21H16F3N7O4. The molecule has 2 aromatic heterocycles. The predicted octanol–water partition coefficient (Wildman–Crippen LogP) is 3.48. The summed E-state index contributed by atoms with van der Waals surface area (Å²) < 4.78 is 39.9. The second kappa shape index (κ2) is 9.24. The molecule has 0 aliphatic carbocycles. The Hall–Kier alpha value is -4.75. The molecule has 2 aromatic carbocycles. The molecule has 0 saturated heterocycles. The normalized spacial score (nSPS) is 11.4. The Bertz CT molecular complexity index is 1480. The van der Waals surface area contributed by atoms with E-state index in [2.05, 4.69) is 25.7 Å². The minimum absolute atomic E-state index is 0.0815.